The lowest BCUT2D eigenvalue weighted by atomic mass is 10.0. The maximum absolute atomic E-state index is 9.65. The average molecular weight is 723 g/mol. The van der Waals surface area contributed by atoms with Crippen LogP contribution in [-0.2, 0) is 42.6 Å². The summed E-state index contributed by atoms with van der Waals surface area (Å²) in [5.41, 5.74) is 0. The SMILES string of the molecule is CC(C)O[C@@H]1CO[C@H]2[C@@H]1OC[C@H]2C.CC[C@@H]1OC[C@@H](OC(C)C)[C@H]1O.CC[C@H]1OC[C@H](OC(C)C)C[C@@H]1O.CC[C@H]1OC[C@H](OC(C)C)[C@@H]1O. The Bertz CT molecular complexity index is 843. The third kappa shape index (κ3) is 15.1. The van der Waals surface area contributed by atoms with Crippen molar-refractivity contribution in [1.29, 1.82) is 0 Å². The molecule has 0 unspecified atom stereocenters. The fraction of sp³-hybridized carbons (Fsp3) is 1.00. The van der Waals surface area contributed by atoms with Gasteiger partial charge >= 0.3 is 0 Å². The van der Waals surface area contributed by atoms with Crippen LogP contribution in [-0.4, -0.2) is 146 Å². The van der Waals surface area contributed by atoms with E-state index < -0.39 is 12.2 Å². The van der Waals surface area contributed by atoms with Crippen molar-refractivity contribution < 1.29 is 58.0 Å². The molecule has 13 atom stereocenters. The number of aliphatic hydroxyl groups excluding tert-OH is 3. The second kappa shape index (κ2) is 23.3. The summed E-state index contributed by atoms with van der Waals surface area (Å²) in [5, 5.41) is 28.9. The highest BCUT2D eigenvalue weighted by molar-refractivity contribution is 4.93. The fourth-order valence-corrected chi connectivity index (χ4v) is 6.79. The van der Waals surface area contributed by atoms with Crippen molar-refractivity contribution in [3.63, 3.8) is 0 Å². The molecular weight excluding hydrogens is 648 g/mol. The molecule has 0 radical (unpaired) electrons. The summed E-state index contributed by atoms with van der Waals surface area (Å²) in [4.78, 5) is 0. The van der Waals surface area contributed by atoms with Crippen molar-refractivity contribution in [3.8, 4) is 0 Å². The first-order valence-electron chi connectivity index (χ1n) is 19.3. The Morgan fingerprint density at radius 2 is 0.900 bits per heavy atom. The summed E-state index contributed by atoms with van der Waals surface area (Å²) in [6.07, 6.45) is 3.13. The largest absolute Gasteiger partial charge is 0.390 e. The molecular formula is C38H74O12. The Morgan fingerprint density at radius 1 is 0.500 bits per heavy atom. The molecule has 12 heteroatoms. The lowest BCUT2D eigenvalue weighted by Crippen LogP contribution is -2.42. The van der Waals surface area contributed by atoms with E-state index in [2.05, 4.69) is 6.92 Å². The molecule has 0 aliphatic carbocycles. The molecule has 5 fully saturated rings. The van der Waals surface area contributed by atoms with Gasteiger partial charge in [0.1, 0.15) is 36.6 Å². The molecule has 3 N–H and O–H groups in total. The minimum absolute atomic E-state index is 0.00649. The second-order valence-corrected chi connectivity index (χ2v) is 15.2. The van der Waals surface area contributed by atoms with Gasteiger partial charge in [-0.2, -0.15) is 0 Å². The Morgan fingerprint density at radius 3 is 1.30 bits per heavy atom. The van der Waals surface area contributed by atoms with E-state index in [1.807, 2.05) is 76.2 Å². The van der Waals surface area contributed by atoms with Crippen LogP contribution >= 0.6 is 0 Å². The summed E-state index contributed by atoms with van der Waals surface area (Å²) in [7, 11) is 0. The minimum Gasteiger partial charge on any atom is -0.390 e. The normalized spacial score (nSPS) is 38.1. The monoisotopic (exact) mass is 723 g/mol. The Kier molecular flexibility index (Phi) is 21.3. The van der Waals surface area contributed by atoms with E-state index in [1.165, 1.54) is 0 Å². The van der Waals surface area contributed by atoms with Gasteiger partial charge < -0.3 is 58.0 Å². The van der Waals surface area contributed by atoms with Crippen molar-refractivity contribution in [3.05, 3.63) is 0 Å². The number of aliphatic hydroxyl groups is 3. The summed E-state index contributed by atoms with van der Waals surface area (Å²) in [6, 6.07) is 0. The van der Waals surface area contributed by atoms with E-state index in [9.17, 15) is 15.3 Å². The quantitative estimate of drug-likeness (QED) is 0.277. The first kappa shape index (κ1) is 45.7. The van der Waals surface area contributed by atoms with E-state index in [0.29, 0.717) is 38.8 Å². The first-order valence-corrected chi connectivity index (χ1v) is 19.3. The van der Waals surface area contributed by atoms with Crippen LogP contribution in [0.3, 0.4) is 0 Å². The smallest absolute Gasteiger partial charge is 0.112 e. The van der Waals surface area contributed by atoms with Crippen molar-refractivity contribution in [2.24, 2.45) is 5.92 Å². The van der Waals surface area contributed by atoms with Gasteiger partial charge in [0.05, 0.1) is 94.1 Å². The third-order valence-corrected chi connectivity index (χ3v) is 9.17. The van der Waals surface area contributed by atoms with Crippen LogP contribution in [0.5, 0.6) is 0 Å². The lowest BCUT2D eigenvalue weighted by Gasteiger charge is -2.33. The zero-order valence-corrected chi connectivity index (χ0v) is 33.2. The van der Waals surface area contributed by atoms with E-state index in [4.69, 9.17) is 42.6 Å². The Balaban J connectivity index is 0.000000231. The Hall–Kier alpha value is -0.480. The predicted octanol–water partition coefficient (Wildman–Crippen LogP) is 4.45. The van der Waals surface area contributed by atoms with Gasteiger partial charge in [-0.3, -0.25) is 0 Å². The van der Waals surface area contributed by atoms with Crippen LogP contribution in [0.2, 0.25) is 0 Å². The standard InChI is InChI=1S/C10H18O3.C10H20O3.2C9H18O3/c1-6(2)13-8-5-12-9-7(3)4-11-10(8)9;1-4-10-9(11)5-8(6-12-10)13-7(2)3;2*1-4-7-9(10)8(5-11-7)12-6(2)3/h6-10H,4-5H2,1-3H3;7-11H,4-6H2,1-3H3;2*6-10H,4-5H2,1-3H3/t7-,8-,9-,10-;8-,9+,10-;2*7-,8+,9-/m1110/s1. The average Bonchev–Trinajstić information content (AvgIpc) is 3.80. The Labute approximate surface area is 303 Å². The molecule has 298 valence electrons. The molecule has 50 heavy (non-hydrogen) atoms. The highest BCUT2D eigenvalue weighted by Crippen LogP contribution is 2.32. The highest BCUT2D eigenvalue weighted by atomic mass is 16.6. The summed E-state index contributed by atoms with van der Waals surface area (Å²) in [5.74, 6) is 0.519. The molecule has 5 aliphatic rings. The molecule has 0 aromatic rings. The van der Waals surface area contributed by atoms with Crippen LogP contribution in [0, 0.1) is 5.92 Å². The van der Waals surface area contributed by atoms with Crippen LogP contribution < -0.4 is 0 Å². The van der Waals surface area contributed by atoms with Crippen molar-refractivity contribution >= 4 is 0 Å². The molecule has 0 amide bonds. The molecule has 0 aromatic heterocycles. The van der Waals surface area contributed by atoms with Crippen LogP contribution in [0.25, 0.3) is 0 Å². The minimum atomic E-state index is -0.447. The van der Waals surface area contributed by atoms with Crippen molar-refractivity contribution in [2.45, 2.75) is 206 Å². The van der Waals surface area contributed by atoms with Crippen molar-refractivity contribution in [1.82, 2.24) is 0 Å². The van der Waals surface area contributed by atoms with Gasteiger partial charge in [-0.25, -0.2) is 0 Å². The van der Waals surface area contributed by atoms with Gasteiger partial charge in [-0.1, -0.05) is 27.7 Å². The number of rotatable bonds is 11. The maximum atomic E-state index is 9.65. The highest BCUT2D eigenvalue weighted by Gasteiger charge is 2.46. The first-order chi connectivity index (χ1) is 23.6. The third-order valence-electron chi connectivity index (χ3n) is 9.17. The van der Waals surface area contributed by atoms with E-state index in [0.717, 1.165) is 25.9 Å². The molecule has 0 aromatic carbocycles. The predicted molar refractivity (Wildman–Crippen MR) is 191 cm³/mol. The van der Waals surface area contributed by atoms with Gasteiger partial charge in [-0.05, 0) is 74.7 Å². The molecule has 12 nitrogen and oxygen atoms in total. The topological polar surface area (TPSA) is 144 Å². The molecule has 0 bridgehead atoms. The molecule has 0 spiro atoms. The van der Waals surface area contributed by atoms with Gasteiger partial charge in [-0.15, -0.1) is 0 Å². The van der Waals surface area contributed by atoms with Crippen molar-refractivity contribution in [2.75, 3.05) is 33.0 Å². The van der Waals surface area contributed by atoms with Gasteiger partial charge in [0.2, 0.25) is 0 Å². The van der Waals surface area contributed by atoms with E-state index in [-0.39, 0.29) is 85.5 Å². The van der Waals surface area contributed by atoms with Crippen LogP contribution in [0.4, 0.5) is 0 Å². The van der Waals surface area contributed by atoms with Gasteiger partial charge in [0.25, 0.3) is 0 Å². The molecule has 5 saturated heterocycles. The number of hydrogen-bond donors (Lipinski definition) is 3. The number of hydrogen-bond acceptors (Lipinski definition) is 12. The number of ether oxygens (including phenoxy) is 9. The van der Waals surface area contributed by atoms with E-state index >= 15 is 0 Å². The molecule has 5 aliphatic heterocycles. The fourth-order valence-electron chi connectivity index (χ4n) is 6.79. The molecule has 5 rings (SSSR count). The van der Waals surface area contributed by atoms with Gasteiger partial charge in [0.15, 0.2) is 0 Å². The summed E-state index contributed by atoms with van der Waals surface area (Å²) < 4.78 is 49.7. The van der Waals surface area contributed by atoms with E-state index in [1.54, 1.807) is 0 Å². The van der Waals surface area contributed by atoms with Crippen LogP contribution in [0.15, 0.2) is 0 Å². The van der Waals surface area contributed by atoms with Crippen LogP contribution in [0.1, 0.15) is 109 Å². The number of fused-ring (bicyclic) bond motifs is 1. The summed E-state index contributed by atoms with van der Waals surface area (Å²) >= 11 is 0. The maximum Gasteiger partial charge on any atom is 0.112 e. The zero-order valence-electron chi connectivity index (χ0n) is 33.2. The zero-order chi connectivity index (χ0) is 37.5. The summed E-state index contributed by atoms with van der Waals surface area (Å²) in [6.45, 7) is 27.3. The molecule has 5 heterocycles. The second-order valence-electron chi connectivity index (χ2n) is 15.2. The molecule has 0 saturated carbocycles. The lowest BCUT2D eigenvalue weighted by molar-refractivity contribution is -0.151. The van der Waals surface area contributed by atoms with Gasteiger partial charge in [0, 0.05) is 12.3 Å².